The SMILES string of the molecule is C=C(/C=C/C=C/N=C(N)N)C(=O)NC1CCC(CC(NC(=O)OCC)C(=O)O)CC1. The Bertz CT molecular complexity index is 704. The molecule has 0 aromatic carbocycles. The third-order valence-electron chi connectivity index (χ3n) is 4.63. The highest BCUT2D eigenvalue weighted by atomic mass is 16.5. The third-order valence-corrected chi connectivity index (χ3v) is 4.63. The molecule has 1 aliphatic carbocycles. The number of carbonyl (C=O) groups is 3. The van der Waals surface area contributed by atoms with Gasteiger partial charge >= 0.3 is 12.1 Å². The van der Waals surface area contributed by atoms with Gasteiger partial charge in [-0.05, 0) is 51.0 Å². The topological polar surface area (TPSA) is 169 Å². The van der Waals surface area contributed by atoms with E-state index in [1.54, 1.807) is 25.2 Å². The minimum absolute atomic E-state index is 0.00243. The summed E-state index contributed by atoms with van der Waals surface area (Å²) in [5.41, 5.74) is 10.7. The van der Waals surface area contributed by atoms with Crippen LogP contribution in [-0.4, -0.2) is 47.7 Å². The Morgan fingerprint density at radius 1 is 1.23 bits per heavy atom. The molecular weight excluding hydrogens is 390 g/mol. The van der Waals surface area contributed by atoms with E-state index in [1.165, 1.54) is 6.20 Å². The summed E-state index contributed by atoms with van der Waals surface area (Å²) in [6.45, 7) is 5.56. The van der Waals surface area contributed by atoms with Crippen molar-refractivity contribution >= 4 is 23.9 Å². The number of ether oxygens (including phenoxy) is 1. The van der Waals surface area contributed by atoms with Crippen LogP contribution in [0.4, 0.5) is 4.79 Å². The monoisotopic (exact) mass is 421 g/mol. The smallest absolute Gasteiger partial charge is 0.407 e. The van der Waals surface area contributed by atoms with Crippen LogP contribution in [0.25, 0.3) is 0 Å². The number of hydrogen-bond acceptors (Lipinski definition) is 5. The maximum absolute atomic E-state index is 12.2. The van der Waals surface area contributed by atoms with Crippen LogP contribution in [0.15, 0.2) is 41.6 Å². The van der Waals surface area contributed by atoms with Crippen molar-refractivity contribution in [2.45, 2.75) is 51.1 Å². The normalized spacial score (nSPS) is 19.8. The fraction of sp³-hybridized carbons (Fsp3) is 0.500. The van der Waals surface area contributed by atoms with E-state index in [-0.39, 0.29) is 30.4 Å². The van der Waals surface area contributed by atoms with Crippen LogP contribution in [-0.2, 0) is 14.3 Å². The van der Waals surface area contributed by atoms with E-state index < -0.39 is 18.1 Å². The molecule has 166 valence electrons. The van der Waals surface area contributed by atoms with Gasteiger partial charge in [0.25, 0.3) is 5.91 Å². The number of rotatable bonds is 10. The molecule has 30 heavy (non-hydrogen) atoms. The number of carboxylic acids is 1. The largest absolute Gasteiger partial charge is 0.480 e. The molecule has 0 aromatic rings. The van der Waals surface area contributed by atoms with Gasteiger partial charge in [-0.2, -0.15) is 0 Å². The highest BCUT2D eigenvalue weighted by Crippen LogP contribution is 2.28. The molecule has 0 bridgehead atoms. The number of carbonyl (C=O) groups excluding carboxylic acids is 2. The van der Waals surface area contributed by atoms with Crippen LogP contribution in [0, 0.1) is 5.92 Å². The first kappa shape index (κ1) is 24.7. The molecule has 1 rings (SSSR count). The van der Waals surface area contributed by atoms with Gasteiger partial charge in [-0.1, -0.05) is 18.7 Å². The first-order chi connectivity index (χ1) is 14.2. The number of hydrogen-bond donors (Lipinski definition) is 5. The minimum atomic E-state index is -1.09. The highest BCUT2D eigenvalue weighted by molar-refractivity contribution is 5.95. The lowest BCUT2D eigenvalue weighted by atomic mass is 9.82. The van der Waals surface area contributed by atoms with Crippen LogP contribution in [0.1, 0.15) is 39.0 Å². The summed E-state index contributed by atoms with van der Waals surface area (Å²) >= 11 is 0. The second-order valence-electron chi connectivity index (χ2n) is 6.96. The molecule has 0 aromatic heterocycles. The lowest BCUT2D eigenvalue weighted by Gasteiger charge is -2.30. The Kier molecular flexibility index (Phi) is 10.7. The molecule has 1 atom stereocenters. The van der Waals surface area contributed by atoms with Crippen molar-refractivity contribution in [2.24, 2.45) is 22.4 Å². The van der Waals surface area contributed by atoms with Crippen LogP contribution >= 0.6 is 0 Å². The quantitative estimate of drug-likeness (QED) is 0.152. The Morgan fingerprint density at radius 3 is 2.47 bits per heavy atom. The molecule has 10 heteroatoms. The van der Waals surface area contributed by atoms with Gasteiger partial charge in [0, 0.05) is 17.8 Å². The van der Waals surface area contributed by atoms with Gasteiger partial charge < -0.3 is 31.9 Å². The molecule has 1 aliphatic rings. The average molecular weight is 421 g/mol. The van der Waals surface area contributed by atoms with E-state index >= 15 is 0 Å². The van der Waals surface area contributed by atoms with E-state index in [9.17, 15) is 19.5 Å². The van der Waals surface area contributed by atoms with Gasteiger partial charge in [0.1, 0.15) is 6.04 Å². The maximum Gasteiger partial charge on any atom is 0.407 e. The number of aliphatic carboxylic acids is 1. The highest BCUT2D eigenvalue weighted by Gasteiger charge is 2.28. The molecule has 1 saturated carbocycles. The van der Waals surface area contributed by atoms with E-state index in [4.69, 9.17) is 16.2 Å². The van der Waals surface area contributed by atoms with Crippen molar-refractivity contribution in [3.05, 3.63) is 36.6 Å². The van der Waals surface area contributed by atoms with Gasteiger partial charge in [-0.3, -0.25) is 4.79 Å². The molecule has 0 spiro atoms. The van der Waals surface area contributed by atoms with Gasteiger partial charge in [-0.25, -0.2) is 14.6 Å². The summed E-state index contributed by atoms with van der Waals surface area (Å²) in [5, 5.41) is 14.6. The first-order valence-corrected chi connectivity index (χ1v) is 9.80. The summed E-state index contributed by atoms with van der Waals surface area (Å²) < 4.78 is 4.75. The van der Waals surface area contributed by atoms with Gasteiger partial charge in [-0.15, -0.1) is 0 Å². The number of nitrogens with two attached hydrogens (primary N) is 2. The fourth-order valence-electron chi connectivity index (χ4n) is 3.12. The van der Waals surface area contributed by atoms with Gasteiger partial charge in [0.15, 0.2) is 5.96 Å². The Hall–Kier alpha value is -3.30. The second kappa shape index (κ2) is 13.0. The summed E-state index contributed by atoms with van der Waals surface area (Å²) in [7, 11) is 0. The molecular formula is C20H31N5O5. The van der Waals surface area contributed by atoms with Gasteiger partial charge in [0.2, 0.25) is 0 Å². The molecule has 0 heterocycles. The van der Waals surface area contributed by atoms with Crippen molar-refractivity contribution in [3.8, 4) is 0 Å². The zero-order chi connectivity index (χ0) is 22.5. The van der Waals surface area contributed by atoms with E-state index in [2.05, 4.69) is 22.2 Å². The van der Waals surface area contributed by atoms with Crippen molar-refractivity contribution in [3.63, 3.8) is 0 Å². The summed E-state index contributed by atoms with van der Waals surface area (Å²) in [4.78, 5) is 38.8. The zero-order valence-electron chi connectivity index (χ0n) is 17.2. The molecule has 2 amide bonds. The van der Waals surface area contributed by atoms with Crippen LogP contribution in [0.5, 0.6) is 0 Å². The number of carboxylic acid groups (broad SMARTS) is 1. The number of amides is 2. The van der Waals surface area contributed by atoms with Crippen molar-refractivity contribution in [1.29, 1.82) is 0 Å². The van der Waals surface area contributed by atoms with Crippen molar-refractivity contribution in [1.82, 2.24) is 10.6 Å². The van der Waals surface area contributed by atoms with E-state index in [1.807, 2.05) is 0 Å². The zero-order valence-corrected chi connectivity index (χ0v) is 17.2. The molecule has 1 fully saturated rings. The standard InChI is InChI=1S/C20H31N5O5/c1-3-30-20(29)25-16(18(27)28)12-14-7-9-15(10-8-14)24-17(26)13(2)6-4-5-11-23-19(21)22/h4-6,11,14-16H,2-3,7-10,12H2,1H3,(H,24,26)(H,25,29)(H,27,28)(H4,21,22,23)/b6-4+,11-5+. The first-order valence-electron chi connectivity index (χ1n) is 9.80. The van der Waals surface area contributed by atoms with Crippen LogP contribution in [0.2, 0.25) is 0 Å². The van der Waals surface area contributed by atoms with Gasteiger partial charge in [0.05, 0.1) is 6.61 Å². The van der Waals surface area contributed by atoms with Crippen LogP contribution < -0.4 is 22.1 Å². The van der Waals surface area contributed by atoms with E-state index in [0.29, 0.717) is 12.0 Å². The average Bonchev–Trinajstić information content (AvgIpc) is 2.68. The molecule has 10 nitrogen and oxygen atoms in total. The number of guanidine groups is 1. The third kappa shape index (κ3) is 9.76. The number of nitrogens with one attached hydrogen (secondary N) is 2. The molecule has 0 saturated heterocycles. The van der Waals surface area contributed by atoms with Crippen molar-refractivity contribution < 1.29 is 24.2 Å². The Labute approximate surface area is 176 Å². The number of alkyl carbamates (subject to hydrolysis) is 1. The summed E-state index contributed by atoms with van der Waals surface area (Å²) in [6.07, 6.45) is 8.69. The van der Waals surface area contributed by atoms with Crippen molar-refractivity contribution in [2.75, 3.05) is 6.61 Å². The van der Waals surface area contributed by atoms with E-state index in [0.717, 1.165) is 25.7 Å². The summed E-state index contributed by atoms with van der Waals surface area (Å²) in [5.74, 6) is -1.27. The number of allylic oxidation sites excluding steroid dienone is 2. The predicted octanol–water partition coefficient (Wildman–Crippen LogP) is 1.15. The number of nitrogens with zero attached hydrogens (tertiary/aromatic N) is 1. The lowest BCUT2D eigenvalue weighted by molar-refractivity contribution is -0.139. The molecule has 7 N–H and O–H groups in total. The number of aliphatic imine (C=N–C) groups is 1. The minimum Gasteiger partial charge on any atom is -0.480 e. The molecule has 1 unspecified atom stereocenters. The second-order valence-corrected chi connectivity index (χ2v) is 6.96. The molecule has 0 aliphatic heterocycles. The summed E-state index contributed by atoms with van der Waals surface area (Å²) in [6, 6.07) is -0.991. The lowest BCUT2D eigenvalue weighted by Crippen LogP contribution is -2.43. The maximum atomic E-state index is 12.2. The Morgan fingerprint density at radius 2 is 1.90 bits per heavy atom. The van der Waals surface area contributed by atoms with Crippen LogP contribution in [0.3, 0.4) is 0 Å². The Balaban J connectivity index is 2.43. The predicted molar refractivity (Wildman–Crippen MR) is 113 cm³/mol. The fourth-order valence-corrected chi connectivity index (χ4v) is 3.12. The molecule has 0 radical (unpaired) electrons.